The molecule has 1 atom stereocenters. The van der Waals surface area contributed by atoms with Crippen molar-refractivity contribution in [2.24, 2.45) is 0 Å². The van der Waals surface area contributed by atoms with Crippen molar-refractivity contribution >= 4 is 17.9 Å². The molecule has 0 heterocycles. The fraction of sp³-hybridized carbons (Fsp3) is 0.764. The number of carbonyl (C=O) groups is 3. The molecule has 0 bridgehead atoms. The SMILES string of the molecule is CC/C=C\C/C=C\C/C=C\C/C=C\CCCCCCCCC(=O)OCC(COC(=O)CCC/C=C\CCCCCC)OC(=O)CCCCCCCCCCCCCCCCC. The Labute approximate surface area is 377 Å². The predicted molar refractivity (Wildman–Crippen MR) is 261 cm³/mol. The summed E-state index contributed by atoms with van der Waals surface area (Å²) >= 11 is 0. The third-order valence-electron chi connectivity index (χ3n) is 11.0. The molecule has 0 fully saturated rings. The van der Waals surface area contributed by atoms with Crippen molar-refractivity contribution in [1.82, 2.24) is 0 Å². The van der Waals surface area contributed by atoms with Crippen LogP contribution in [0.3, 0.4) is 0 Å². The van der Waals surface area contributed by atoms with Gasteiger partial charge >= 0.3 is 17.9 Å². The highest BCUT2D eigenvalue weighted by Crippen LogP contribution is 2.15. The highest BCUT2D eigenvalue weighted by atomic mass is 16.6. The molecule has 61 heavy (non-hydrogen) atoms. The second-order valence-electron chi connectivity index (χ2n) is 17.1. The average Bonchev–Trinajstić information content (AvgIpc) is 3.26. The Morgan fingerprint density at radius 3 is 1.10 bits per heavy atom. The van der Waals surface area contributed by atoms with Gasteiger partial charge in [0.05, 0.1) is 0 Å². The Morgan fingerprint density at radius 2 is 0.656 bits per heavy atom. The number of ether oxygens (including phenoxy) is 3. The first-order valence-electron chi connectivity index (χ1n) is 25.8. The first kappa shape index (κ1) is 58.1. The average molecular weight is 853 g/mol. The van der Waals surface area contributed by atoms with Crippen LogP contribution in [0.15, 0.2) is 60.8 Å². The van der Waals surface area contributed by atoms with E-state index in [1.165, 1.54) is 122 Å². The van der Waals surface area contributed by atoms with Gasteiger partial charge in [0.2, 0.25) is 0 Å². The Kier molecular flexibility index (Phi) is 47.4. The summed E-state index contributed by atoms with van der Waals surface area (Å²) in [6.07, 6.45) is 60.7. The van der Waals surface area contributed by atoms with E-state index in [0.29, 0.717) is 25.7 Å². The standard InChI is InChI=1S/C55H96O6/c1-4-7-10-13-16-19-21-23-25-26-27-28-30-31-33-36-39-42-45-48-54(57)60-51-52(50-59-53(56)47-44-41-38-35-18-15-12-9-6-3)61-55(58)49-46-43-40-37-34-32-29-24-22-20-17-14-11-8-5-2/h7,10,16,19,23,25,27-28,35,38,52H,4-6,8-9,11-15,17-18,20-22,24,26,29-34,36-37,39-51H2,1-3H3/b10-7-,19-16-,25-23-,28-27-,38-35-. The maximum Gasteiger partial charge on any atom is 0.306 e. The van der Waals surface area contributed by atoms with Gasteiger partial charge in [-0.1, -0.05) is 216 Å². The summed E-state index contributed by atoms with van der Waals surface area (Å²) in [5.41, 5.74) is 0. The second kappa shape index (κ2) is 49.8. The Hall–Kier alpha value is -2.89. The highest BCUT2D eigenvalue weighted by Gasteiger charge is 2.19. The van der Waals surface area contributed by atoms with Crippen LogP contribution in [0.4, 0.5) is 0 Å². The fourth-order valence-electron chi connectivity index (χ4n) is 7.14. The molecule has 1 unspecified atom stereocenters. The molecule has 0 rings (SSSR count). The maximum absolute atomic E-state index is 12.8. The van der Waals surface area contributed by atoms with Gasteiger partial charge in [0.15, 0.2) is 6.10 Å². The van der Waals surface area contributed by atoms with E-state index in [2.05, 4.69) is 81.5 Å². The molecular weight excluding hydrogens is 757 g/mol. The second-order valence-corrected chi connectivity index (χ2v) is 17.1. The normalized spacial score (nSPS) is 12.5. The van der Waals surface area contributed by atoms with Crippen LogP contribution in [0.5, 0.6) is 0 Å². The van der Waals surface area contributed by atoms with Gasteiger partial charge in [0, 0.05) is 19.3 Å². The quantitative estimate of drug-likeness (QED) is 0.0263. The number of esters is 3. The minimum absolute atomic E-state index is 0.0885. The lowest BCUT2D eigenvalue weighted by molar-refractivity contribution is -0.167. The molecule has 0 aromatic heterocycles. The molecule has 0 N–H and O–H groups in total. The lowest BCUT2D eigenvalue weighted by atomic mass is 10.0. The summed E-state index contributed by atoms with van der Waals surface area (Å²) < 4.78 is 16.7. The molecule has 0 saturated heterocycles. The molecule has 0 aromatic carbocycles. The molecule has 0 aromatic rings. The first-order chi connectivity index (χ1) is 30.0. The van der Waals surface area contributed by atoms with Crippen LogP contribution in [0.25, 0.3) is 0 Å². The van der Waals surface area contributed by atoms with E-state index < -0.39 is 6.10 Å². The Bertz CT molecular complexity index is 1120. The van der Waals surface area contributed by atoms with Crippen LogP contribution >= 0.6 is 0 Å². The van der Waals surface area contributed by atoms with Crippen LogP contribution in [0.2, 0.25) is 0 Å². The molecule has 0 aliphatic carbocycles. The van der Waals surface area contributed by atoms with Crippen molar-refractivity contribution < 1.29 is 28.6 Å². The van der Waals surface area contributed by atoms with E-state index in [4.69, 9.17) is 14.2 Å². The third-order valence-corrected chi connectivity index (χ3v) is 11.0. The monoisotopic (exact) mass is 853 g/mol. The zero-order valence-electron chi connectivity index (χ0n) is 40.2. The van der Waals surface area contributed by atoms with Crippen LogP contribution in [-0.2, 0) is 28.6 Å². The number of rotatable bonds is 46. The molecule has 352 valence electrons. The van der Waals surface area contributed by atoms with Crippen molar-refractivity contribution in [3.05, 3.63) is 60.8 Å². The fourth-order valence-corrected chi connectivity index (χ4v) is 7.14. The van der Waals surface area contributed by atoms with Crippen molar-refractivity contribution in [3.63, 3.8) is 0 Å². The predicted octanol–water partition coefficient (Wildman–Crippen LogP) is 16.9. The van der Waals surface area contributed by atoms with Crippen molar-refractivity contribution in [1.29, 1.82) is 0 Å². The summed E-state index contributed by atoms with van der Waals surface area (Å²) in [5, 5.41) is 0. The molecule has 0 saturated carbocycles. The summed E-state index contributed by atoms with van der Waals surface area (Å²) in [6, 6.07) is 0. The van der Waals surface area contributed by atoms with E-state index in [9.17, 15) is 14.4 Å². The van der Waals surface area contributed by atoms with E-state index in [1.54, 1.807) is 0 Å². The number of hydrogen-bond donors (Lipinski definition) is 0. The van der Waals surface area contributed by atoms with Crippen molar-refractivity contribution in [2.75, 3.05) is 13.2 Å². The number of unbranched alkanes of at least 4 members (excludes halogenated alkanes) is 25. The molecule has 6 heteroatoms. The van der Waals surface area contributed by atoms with E-state index in [0.717, 1.165) is 83.5 Å². The minimum Gasteiger partial charge on any atom is -0.462 e. The van der Waals surface area contributed by atoms with Gasteiger partial charge in [-0.05, 0) is 77.0 Å². The van der Waals surface area contributed by atoms with E-state index in [1.807, 2.05) is 0 Å². The summed E-state index contributed by atoms with van der Waals surface area (Å²) in [6.45, 7) is 6.46. The van der Waals surface area contributed by atoms with Gasteiger partial charge in [-0.3, -0.25) is 14.4 Å². The third kappa shape index (κ3) is 48.0. The van der Waals surface area contributed by atoms with Crippen LogP contribution < -0.4 is 0 Å². The molecule has 0 aliphatic heterocycles. The largest absolute Gasteiger partial charge is 0.462 e. The lowest BCUT2D eigenvalue weighted by Gasteiger charge is -2.18. The van der Waals surface area contributed by atoms with Gasteiger partial charge in [0.1, 0.15) is 13.2 Å². The number of hydrogen-bond acceptors (Lipinski definition) is 6. The summed E-state index contributed by atoms with van der Waals surface area (Å²) in [7, 11) is 0. The first-order valence-corrected chi connectivity index (χ1v) is 25.8. The van der Waals surface area contributed by atoms with Gasteiger partial charge in [-0.15, -0.1) is 0 Å². The topological polar surface area (TPSA) is 78.9 Å². The highest BCUT2D eigenvalue weighted by molar-refractivity contribution is 5.71. The zero-order valence-corrected chi connectivity index (χ0v) is 40.2. The van der Waals surface area contributed by atoms with Crippen LogP contribution in [0.1, 0.15) is 252 Å². The van der Waals surface area contributed by atoms with Gasteiger partial charge in [-0.25, -0.2) is 0 Å². The van der Waals surface area contributed by atoms with Crippen LogP contribution in [0, 0.1) is 0 Å². The van der Waals surface area contributed by atoms with E-state index in [-0.39, 0.29) is 31.1 Å². The number of allylic oxidation sites excluding steroid dienone is 10. The van der Waals surface area contributed by atoms with E-state index >= 15 is 0 Å². The van der Waals surface area contributed by atoms with Gasteiger partial charge in [-0.2, -0.15) is 0 Å². The minimum atomic E-state index is -0.787. The van der Waals surface area contributed by atoms with Crippen LogP contribution in [-0.4, -0.2) is 37.2 Å². The molecule has 0 spiro atoms. The Balaban J connectivity index is 4.34. The number of carbonyl (C=O) groups excluding carboxylic acids is 3. The molecule has 0 amide bonds. The van der Waals surface area contributed by atoms with Gasteiger partial charge < -0.3 is 14.2 Å². The van der Waals surface area contributed by atoms with Crippen molar-refractivity contribution in [3.8, 4) is 0 Å². The molecule has 0 aliphatic rings. The molecular formula is C55H96O6. The Morgan fingerprint density at radius 1 is 0.344 bits per heavy atom. The van der Waals surface area contributed by atoms with Crippen molar-refractivity contribution in [2.45, 2.75) is 258 Å². The molecule has 6 nitrogen and oxygen atoms in total. The zero-order chi connectivity index (χ0) is 44.4. The van der Waals surface area contributed by atoms with Gasteiger partial charge in [0.25, 0.3) is 0 Å². The lowest BCUT2D eigenvalue weighted by Crippen LogP contribution is -2.30. The smallest absolute Gasteiger partial charge is 0.306 e. The summed E-state index contributed by atoms with van der Waals surface area (Å²) in [5.74, 6) is -0.932. The maximum atomic E-state index is 12.8. The molecule has 0 radical (unpaired) electrons. The summed E-state index contributed by atoms with van der Waals surface area (Å²) in [4.78, 5) is 37.9.